The number of amides is 1. The van der Waals surface area contributed by atoms with Gasteiger partial charge in [-0.3, -0.25) is 9.20 Å². The predicted octanol–water partition coefficient (Wildman–Crippen LogP) is 3.55. The number of ether oxygens (including phenoxy) is 1. The zero-order valence-electron chi connectivity index (χ0n) is 21.5. The highest BCUT2D eigenvalue weighted by molar-refractivity contribution is 7.89. The lowest BCUT2D eigenvalue weighted by atomic mass is 10.1. The number of hydrogen-bond acceptors (Lipinski definition) is 7. The van der Waals surface area contributed by atoms with E-state index in [1.807, 2.05) is 6.92 Å². The zero-order chi connectivity index (χ0) is 29.7. The summed E-state index contributed by atoms with van der Waals surface area (Å²) in [4.78, 5) is 21.6. The van der Waals surface area contributed by atoms with Crippen LogP contribution in [0.4, 0.5) is 17.6 Å². The highest BCUT2D eigenvalue weighted by Crippen LogP contribution is 2.31. The number of imidazole rings is 1. The van der Waals surface area contributed by atoms with Crippen molar-refractivity contribution in [2.24, 2.45) is 0 Å². The first-order chi connectivity index (χ1) is 19.3. The van der Waals surface area contributed by atoms with E-state index in [0.717, 1.165) is 0 Å². The molecule has 1 aliphatic rings. The van der Waals surface area contributed by atoms with Crippen LogP contribution in [0.5, 0.6) is 5.75 Å². The maximum absolute atomic E-state index is 15.1. The molecule has 0 unspecified atom stereocenters. The van der Waals surface area contributed by atoms with Crippen molar-refractivity contribution < 1.29 is 35.5 Å². The summed E-state index contributed by atoms with van der Waals surface area (Å²) in [6.45, 7) is 0.525. The molecule has 11 nitrogen and oxygen atoms in total. The number of alkyl halides is 3. The molecule has 0 bridgehead atoms. The van der Waals surface area contributed by atoms with Gasteiger partial charge in [-0.1, -0.05) is 24.6 Å². The molecule has 0 aliphatic carbocycles. The first-order valence-corrected chi connectivity index (χ1v) is 14.0. The summed E-state index contributed by atoms with van der Waals surface area (Å²) >= 11 is 6.36. The quantitative estimate of drug-likeness (QED) is 0.315. The third kappa shape index (κ3) is 5.10. The number of pyridine rings is 1. The number of rotatable bonds is 7. The van der Waals surface area contributed by atoms with Gasteiger partial charge in [0.2, 0.25) is 0 Å². The number of nitrogens with zero attached hydrogens (tertiary/aromatic N) is 6. The molecule has 3 aromatic heterocycles. The minimum Gasteiger partial charge on any atom is -0.495 e. The maximum atomic E-state index is 15.1. The number of methoxy groups -OCH3 is 1. The van der Waals surface area contributed by atoms with Crippen molar-refractivity contribution in [3.8, 4) is 17.1 Å². The second-order valence-corrected chi connectivity index (χ2v) is 11.3. The van der Waals surface area contributed by atoms with Gasteiger partial charge < -0.3 is 10.1 Å². The molecule has 0 saturated carbocycles. The largest absolute Gasteiger partial charge is 0.511 e. The molecule has 41 heavy (non-hydrogen) atoms. The second kappa shape index (κ2) is 10.6. The second-order valence-electron chi connectivity index (χ2n) is 9.01. The van der Waals surface area contributed by atoms with Gasteiger partial charge in [0.15, 0.2) is 11.5 Å². The molecule has 1 aromatic carbocycles. The lowest BCUT2D eigenvalue weighted by Gasteiger charge is -2.26. The molecule has 0 fully saturated rings. The predicted molar refractivity (Wildman–Crippen MR) is 138 cm³/mol. The first kappa shape index (κ1) is 28.8. The SMILES string of the molecule is CCc1nc2c(Cl)c(OC)ccn2c1C(=O)NCc1ccc(-c2nc3n(n2)CCN(S(=O)(=O)C(F)(F)F)C3)c(F)c1. The van der Waals surface area contributed by atoms with E-state index >= 15 is 4.39 Å². The van der Waals surface area contributed by atoms with E-state index in [1.165, 1.54) is 30.0 Å². The number of benzene rings is 1. The number of halogens is 5. The Morgan fingerprint density at radius 3 is 2.61 bits per heavy atom. The van der Waals surface area contributed by atoms with E-state index in [-0.39, 0.29) is 45.3 Å². The molecule has 0 atom stereocenters. The van der Waals surface area contributed by atoms with Crippen LogP contribution in [-0.2, 0) is 36.1 Å². The standard InChI is InChI=1S/C24H22ClF4N7O4S/c1-3-16-20(35-7-6-17(40-2)19(25)22(35)31-16)23(37)30-11-13-4-5-14(15(26)10-13)21-32-18-12-34(8-9-36(18)33-21)41(38,39)24(27,28)29/h4-7,10H,3,8-9,11-12H2,1-2H3,(H,30,37). The van der Waals surface area contributed by atoms with Gasteiger partial charge in [-0.05, 0) is 30.2 Å². The summed E-state index contributed by atoms with van der Waals surface area (Å²) in [6.07, 6.45) is 2.07. The lowest BCUT2D eigenvalue weighted by Crippen LogP contribution is -2.44. The van der Waals surface area contributed by atoms with E-state index in [0.29, 0.717) is 29.1 Å². The number of sulfonamides is 1. The average molecular weight is 616 g/mol. The van der Waals surface area contributed by atoms with Crippen molar-refractivity contribution in [1.82, 2.24) is 33.8 Å². The number of nitrogens with one attached hydrogen (secondary N) is 1. The Balaban J connectivity index is 1.32. The van der Waals surface area contributed by atoms with Crippen LogP contribution in [0.25, 0.3) is 17.0 Å². The third-order valence-electron chi connectivity index (χ3n) is 6.53. The minimum absolute atomic E-state index is 0.0340. The fourth-order valence-electron chi connectivity index (χ4n) is 4.44. The van der Waals surface area contributed by atoms with Crippen molar-refractivity contribution in [3.05, 3.63) is 64.1 Å². The van der Waals surface area contributed by atoms with Crippen LogP contribution in [0.15, 0.2) is 30.5 Å². The summed E-state index contributed by atoms with van der Waals surface area (Å²) in [5.41, 5.74) is -3.92. The van der Waals surface area contributed by atoms with Crippen molar-refractivity contribution in [2.75, 3.05) is 13.7 Å². The van der Waals surface area contributed by atoms with Crippen molar-refractivity contribution in [1.29, 1.82) is 0 Å². The lowest BCUT2D eigenvalue weighted by molar-refractivity contribution is -0.0496. The summed E-state index contributed by atoms with van der Waals surface area (Å²) in [5.74, 6) is -0.937. The van der Waals surface area contributed by atoms with Gasteiger partial charge in [0.25, 0.3) is 5.91 Å². The van der Waals surface area contributed by atoms with Crippen molar-refractivity contribution in [2.45, 2.75) is 38.5 Å². The fourth-order valence-corrected chi connectivity index (χ4v) is 5.62. The van der Waals surface area contributed by atoms with E-state index in [9.17, 15) is 26.4 Å². The summed E-state index contributed by atoms with van der Waals surface area (Å²) < 4.78 is 85.6. The molecule has 17 heteroatoms. The van der Waals surface area contributed by atoms with Gasteiger partial charge in [0, 0.05) is 19.3 Å². The Hall–Kier alpha value is -3.76. The van der Waals surface area contributed by atoms with Crippen LogP contribution in [-0.4, -0.2) is 61.9 Å². The van der Waals surface area contributed by atoms with E-state index < -0.39 is 40.3 Å². The number of carbonyl (C=O) groups is 1. The fraction of sp³-hybridized carbons (Fsp3) is 0.333. The summed E-state index contributed by atoms with van der Waals surface area (Å²) in [7, 11) is -4.07. The van der Waals surface area contributed by atoms with Gasteiger partial charge in [-0.25, -0.2) is 27.5 Å². The Kier molecular flexibility index (Phi) is 7.42. The number of aryl methyl sites for hydroxylation is 1. The Morgan fingerprint density at radius 1 is 1.20 bits per heavy atom. The van der Waals surface area contributed by atoms with Gasteiger partial charge in [0.1, 0.15) is 28.1 Å². The molecule has 0 saturated heterocycles. The topological polar surface area (TPSA) is 124 Å². The number of aromatic nitrogens is 5. The van der Waals surface area contributed by atoms with Crippen LogP contribution in [0.1, 0.15) is 34.5 Å². The van der Waals surface area contributed by atoms with E-state index in [2.05, 4.69) is 20.4 Å². The highest BCUT2D eigenvalue weighted by Gasteiger charge is 2.50. The highest BCUT2D eigenvalue weighted by atomic mass is 35.5. The molecule has 4 aromatic rings. The van der Waals surface area contributed by atoms with E-state index in [4.69, 9.17) is 16.3 Å². The number of hydrogen-bond donors (Lipinski definition) is 1. The van der Waals surface area contributed by atoms with Gasteiger partial charge in [-0.15, -0.1) is 0 Å². The Bertz CT molecular complexity index is 1770. The van der Waals surface area contributed by atoms with Crippen LogP contribution in [0.2, 0.25) is 5.02 Å². The smallest absolute Gasteiger partial charge is 0.495 e. The molecule has 1 amide bonds. The molecule has 0 spiro atoms. The van der Waals surface area contributed by atoms with Crippen LogP contribution < -0.4 is 10.1 Å². The molecule has 4 heterocycles. The Labute approximate surface area is 235 Å². The first-order valence-electron chi connectivity index (χ1n) is 12.2. The minimum atomic E-state index is -5.54. The molecular formula is C24H22ClF4N7O4S. The monoisotopic (exact) mass is 615 g/mol. The van der Waals surface area contributed by atoms with Gasteiger partial charge in [0.05, 0.1) is 31.5 Å². The van der Waals surface area contributed by atoms with Crippen LogP contribution >= 0.6 is 11.6 Å². The number of carbonyl (C=O) groups excluding carboxylic acids is 1. The molecule has 1 aliphatic heterocycles. The maximum Gasteiger partial charge on any atom is 0.511 e. The zero-order valence-corrected chi connectivity index (χ0v) is 23.1. The van der Waals surface area contributed by atoms with Gasteiger partial charge in [-0.2, -0.15) is 22.6 Å². The molecular weight excluding hydrogens is 594 g/mol. The average Bonchev–Trinajstić information content (AvgIpc) is 3.52. The van der Waals surface area contributed by atoms with E-state index in [1.54, 1.807) is 16.7 Å². The third-order valence-corrected chi connectivity index (χ3v) is 8.46. The summed E-state index contributed by atoms with van der Waals surface area (Å²) in [5, 5.41) is 7.13. The molecule has 218 valence electrons. The molecule has 5 rings (SSSR count). The summed E-state index contributed by atoms with van der Waals surface area (Å²) in [6, 6.07) is 5.69. The number of fused-ring (bicyclic) bond motifs is 2. The molecule has 0 radical (unpaired) electrons. The van der Waals surface area contributed by atoms with Gasteiger partial charge >= 0.3 is 15.5 Å². The normalized spacial score (nSPS) is 14.3. The molecule has 1 N–H and O–H groups in total. The van der Waals surface area contributed by atoms with Crippen LogP contribution in [0, 0.1) is 5.82 Å². The van der Waals surface area contributed by atoms with Crippen molar-refractivity contribution in [3.63, 3.8) is 0 Å². The Morgan fingerprint density at radius 2 is 1.95 bits per heavy atom. The van der Waals surface area contributed by atoms with Crippen molar-refractivity contribution >= 4 is 33.2 Å². The van der Waals surface area contributed by atoms with Crippen LogP contribution in [0.3, 0.4) is 0 Å².